The van der Waals surface area contributed by atoms with E-state index in [1.807, 2.05) is 49.3 Å². The maximum Gasteiger partial charge on any atom is 0.410 e. The summed E-state index contributed by atoms with van der Waals surface area (Å²) in [5, 5.41) is 10.1. The van der Waals surface area contributed by atoms with Crippen LogP contribution in [-0.4, -0.2) is 60.3 Å². The minimum atomic E-state index is -0.796. The van der Waals surface area contributed by atoms with Crippen molar-refractivity contribution in [3.05, 3.63) is 35.9 Å². The molecule has 1 amide bonds. The number of hydrogen-bond donors (Lipinski definition) is 1. The molecule has 19 heavy (non-hydrogen) atoms. The van der Waals surface area contributed by atoms with Crippen molar-refractivity contribution in [1.29, 1.82) is 0 Å². The number of benzene rings is 1. The Hall–Kier alpha value is -1.59. The lowest BCUT2D eigenvalue weighted by Crippen LogP contribution is -2.67. The summed E-state index contributed by atoms with van der Waals surface area (Å²) in [5.41, 5.74) is 0.162. The molecule has 1 aromatic rings. The number of β-amino-alcohol motifs (C(OH)–C–C–N with tert-alkyl or cyclic N) is 1. The average molecular weight is 264 g/mol. The molecule has 2 rings (SSSR count). The summed E-state index contributed by atoms with van der Waals surface area (Å²) < 4.78 is 5.19. The topological polar surface area (TPSA) is 53.0 Å². The van der Waals surface area contributed by atoms with E-state index < -0.39 is 5.60 Å². The first kappa shape index (κ1) is 13.8. The highest BCUT2D eigenvalue weighted by molar-refractivity contribution is 5.69. The van der Waals surface area contributed by atoms with Crippen molar-refractivity contribution in [2.75, 3.05) is 33.7 Å². The SMILES string of the molecule is CN(C)CC1(O)CN(C(=O)OCc2ccccc2)C1. The molecule has 1 saturated heterocycles. The van der Waals surface area contributed by atoms with E-state index in [-0.39, 0.29) is 12.7 Å². The van der Waals surface area contributed by atoms with E-state index in [2.05, 4.69) is 0 Å². The molecule has 1 aromatic carbocycles. The van der Waals surface area contributed by atoms with Crippen molar-refractivity contribution in [2.24, 2.45) is 0 Å². The van der Waals surface area contributed by atoms with Crippen molar-refractivity contribution >= 4 is 6.09 Å². The molecule has 0 saturated carbocycles. The minimum absolute atomic E-state index is 0.266. The molecule has 0 atom stereocenters. The van der Waals surface area contributed by atoms with E-state index in [4.69, 9.17) is 4.74 Å². The van der Waals surface area contributed by atoms with Crippen LogP contribution in [0.2, 0.25) is 0 Å². The van der Waals surface area contributed by atoms with Crippen LogP contribution in [0.1, 0.15) is 5.56 Å². The summed E-state index contributed by atoms with van der Waals surface area (Å²) in [7, 11) is 3.79. The summed E-state index contributed by atoms with van der Waals surface area (Å²) in [5.74, 6) is 0. The first-order chi connectivity index (χ1) is 8.98. The van der Waals surface area contributed by atoms with E-state index in [9.17, 15) is 9.90 Å². The third-order valence-corrected chi connectivity index (χ3v) is 3.04. The Morgan fingerprint density at radius 2 is 2.00 bits per heavy atom. The number of carbonyl (C=O) groups is 1. The van der Waals surface area contributed by atoms with Gasteiger partial charge in [0.05, 0.1) is 13.1 Å². The first-order valence-electron chi connectivity index (χ1n) is 6.31. The fraction of sp³-hybridized carbons (Fsp3) is 0.500. The van der Waals surface area contributed by atoms with E-state index in [1.54, 1.807) is 0 Å². The average Bonchev–Trinajstić information content (AvgIpc) is 2.33. The second kappa shape index (κ2) is 5.59. The van der Waals surface area contributed by atoms with Gasteiger partial charge in [-0.1, -0.05) is 30.3 Å². The van der Waals surface area contributed by atoms with Crippen LogP contribution in [0, 0.1) is 0 Å². The Bertz CT molecular complexity index is 428. The lowest BCUT2D eigenvalue weighted by molar-refractivity contribution is -0.0998. The highest BCUT2D eigenvalue weighted by Gasteiger charge is 2.44. The Balaban J connectivity index is 1.75. The van der Waals surface area contributed by atoms with Gasteiger partial charge in [0.15, 0.2) is 0 Å². The molecule has 1 heterocycles. The molecule has 0 radical (unpaired) electrons. The summed E-state index contributed by atoms with van der Waals surface area (Å²) in [6.45, 7) is 1.48. The fourth-order valence-electron chi connectivity index (χ4n) is 2.29. The molecular formula is C14H20N2O3. The van der Waals surface area contributed by atoms with Crippen molar-refractivity contribution in [3.8, 4) is 0 Å². The lowest BCUT2D eigenvalue weighted by Gasteiger charge is -2.46. The Labute approximate surface area is 113 Å². The Morgan fingerprint density at radius 3 is 2.58 bits per heavy atom. The van der Waals surface area contributed by atoms with Crippen molar-refractivity contribution in [1.82, 2.24) is 9.80 Å². The third-order valence-electron chi connectivity index (χ3n) is 3.04. The summed E-state index contributed by atoms with van der Waals surface area (Å²) in [6.07, 6.45) is -0.368. The number of likely N-dealkylation sites (N-methyl/N-ethyl adjacent to an activating group) is 1. The second-order valence-corrected chi connectivity index (χ2v) is 5.36. The monoisotopic (exact) mass is 264 g/mol. The van der Waals surface area contributed by atoms with Crippen molar-refractivity contribution < 1.29 is 14.6 Å². The molecular weight excluding hydrogens is 244 g/mol. The molecule has 0 bridgehead atoms. The molecule has 1 aliphatic heterocycles. The van der Waals surface area contributed by atoms with Crippen molar-refractivity contribution in [2.45, 2.75) is 12.2 Å². The normalized spacial score (nSPS) is 17.2. The zero-order valence-corrected chi connectivity index (χ0v) is 11.4. The molecule has 1 fully saturated rings. The highest BCUT2D eigenvalue weighted by Crippen LogP contribution is 2.22. The van der Waals surface area contributed by atoms with Gasteiger partial charge in [0.25, 0.3) is 0 Å². The lowest BCUT2D eigenvalue weighted by atomic mass is 9.94. The van der Waals surface area contributed by atoms with Gasteiger partial charge in [-0.25, -0.2) is 4.79 Å². The van der Waals surface area contributed by atoms with E-state index in [0.717, 1.165) is 5.56 Å². The molecule has 0 spiro atoms. The maximum absolute atomic E-state index is 11.8. The van der Waals surface area contributed by atoms with Gasteiger partial charge in [-0.05, 0) is 19.7 Å². The fourth-order valence-corrected chi connectivity index (χ4v) is 2.29. The van der Waals surface area contributed by atoms with E-state index in [0.29, 0.717) is 19.6 Å². The van der Waals surface area contributed by atoms with E-state index >= 15 is 0 Å². The van der Waals surface area contributed by atoms with Crippen molar-refractivity contribution in [3.63, 3.8) is 0 Å². The molecule has 0 aromatic heterocycles. The van der Waals surface area contributed by atoms with Crippen LogP contribution >= 0.6 is 0 Å². The summed E-state index contributed by atoms with van der Waals surface area (Å²) >= 11 is 0. The first-order valence-corrected chi connectivity index (χ1v) is 6.31. The molecule has 0 unspecified atom stereocenters. The van der Waals surface area contributed by atoms with Crippen LogP contribution in [0.15, 0.2) is 30.3 Å². The van der Waals surface area contributed by atoms with Crippen LogP contribution in [0.3, 0.4) is 0 Å². The van der Waals surface area contributed by atoms with Gasteiger partial charge in [-0.15, -0.1) is 0 Å². The van der Waals surface area contributed by atoms with Crippen LogP contribution in [0.4, 0.5) is 4.79 Å². The Kier molecular flexibility index (Phi) is 4.07. The number of likely N-dealkylation sites (tertiary alicyclic amines) is 1. The van der Waals surface area contributed by atoms with Crippen LogP contribution < -0.4 is 0 Å². The number of rotatable bonds is 4. The van der Waals surface area contributed by atoms with Gasteiger partial charge in [-0.2, -0.15) is 0 Å². The molecule has 1 aliphatic rings. The quantitative estimate of drug-likeness (QED) is 0.879. The van der Waals surface area contributed by atoms with E-state index in [1.165, 1.54) is 4.90 Å². The molecule has 5 nitrogen and oxygen atoms in total. The predicted molar refractivity (Wildman–Crippen MR) is 71.7 cm³/mol. The van der Waals surface area contributed by atoms with Gasteiger partial charge >= 0.3 is 6.09 Å². The molecule has 5 heteroatoms. The maximum atomic E-state index is 11.8. The second-order valence-electron chi connectivity index (χ2n) is 5.36. The zero-order valence-electron chi connectivity index (χ0n) is 11.4. The van der Waals surface area contributed by atoms with Gasteiger partial charge in [-0.3, -0.25) is 0 Å². The summed E-state index contributed by atoms with van der Waals surface area (Å²) in [4.78, 5) is 15.2. The minimum Gasteiger partial charge on any atom is -0.445 e. The number of carbonyl (C=O) groups excluding carboxylic acids is 1. The standard InChI is InChI=1S/C14H20N2O3/c1-15(2)9-14(18)10-16(11-14)13(17)19-8-12-6-4-3-5-7-12/h3-7,18H,8-11H2,1-2H3. The third kappa shape index (κ3) is 3.68. The van der Waals surface area contributed by atoms with Gasteiger partial charge in [0.2, 0.25) is 0 Å². The molecule has 1 N–H and O–H groups in total. The highest BCUT2D eigenvalue weighted by atomic mass is 16.6. The number of amides is 1. The molecule has 104 valence electrons. The number of hydrogen-bond acceptors (Lipinski definition) is 4. The zero-order chi connectivity index (χ0) is 13.9. The Morgan fingerprint density at radius 1 is 1.37 bits per heavy atom. The van der Waals surface area contributed by atoms with Gasteiger partial charge < -0.3 is 19.6 Å². The smallest absolute Gasteiger partial charge is 0.410 e. The number of nitrogens with zero attached hydrogens (tertiary/aromatic N) is 2. The molecule has 0 aliphatic carbocycles. The number of aliphatic hydroxyl groups is 1. The predicted octanol–water partition coefficient (Wildman–Crippen LogP) is 0.931. The van der Waals surface area contributed by atoms with Crippen LogP contribution in [0.25, 0.3) is 0 Å². The van der Waals surface area contributed by atoms with Gasteiger partial charge in [0, 0.05) is 6.54 Å². The largest absolute Gasteiger partial charge is 0.445 e. The van der Waals surface area contributed by atoms with Gasteiger partial charge in [0.1, 0.15) is 12.2 Å². The van der Waals surface area contributed by atoms with Crippen LogP contribution in [-0.2, 0) is 11.3 Å². The number of ether oxygens (including phenoxy) is 1. The van der Waals surface area contributed by atoms with Crippen LogP contribution in [0.5, 0.6) is 0 Å². The summed E-state index contributed by atoms with van der Waals surface area (Å²) in [6, 6.07) is 9.55.